The molecule has 0 bridgehead atoms. The molecule has 1 aliphatic rings. The van der Waals surface area contributed by atoms with E-state index in [1.54, 1.807) is 18.2 Å². The van der Waals surface area contributed by atoms with E-state index in [4.69, 9.17) is 5.26 Å². The van der Waals surface area contributed by atoms with Gasteiger partial charge in [0.25, 0.3) is 0 Å². The number of hydrogen-bond acceptors (Lipinski definition) is 3. The summed E-state index contributed by atoms with van der Waals surface area (Å²) in [4.78, 5) is 0. The van der Waals surface area contributed by atoms with E-state index < -0.39 is 10.0 Å². The van der Waals surface area contributed by atoms with Crippen LogP contribution in [0.3, 0.4) is 0 Å². The van der Waals surface area contributed by atoms with Crippen LogP contribution in [0.1, 0.15) is 11.1 Å². The summed E-state index contributed by atoms with van der Waals surface area (Å²) < 4.78 is 24.6. The standard InChI is InChI=1S/C8H6N2O2S/c9-4-6-2-1-3-8-7(6)5-13(11,12)10-8/h1-3,10H,5H2. The molecule has 1 aliphatic heterocycles. The van der Waals surface area contributed by atoms with Crippen LogP contribution >= 0.6 is 0 Å². The van der Waals surface area contributed by atoms with Gasteiger partial charge >= 0.3 is 0 Å². The zero-order chi connectivity index (χ0) is 9.47. The number of anilines is 1. The number of fused-ring (bicyclic) bond motifs is 1. The molecule has 0 aromatic heterocycles. The largest absolute Gasteiger partial charge is 0.283 e. The Hall–Kier alpha value is -1.54. The quantitative estimate of drug-likeness (QED) is 0.664. The first-order valence-corrected chi connectivity index (χ1v) is 5.30. The Bertz CT molecular complexity index is 499. The number of nitrogens with zero attached hydrogens (tertiary/aromatic N) is 1. The van der Waals surface area contributed by atoms with E-state index in [1.807, 2.05) is 6.07 Å². The van der Waals surface area contributed by atoms with Gasteiger partial charge in [0.2, 0.25) is 10.0 Å². The molecule has 5 heteroatoms. The highest BCUT2D eigenvalue weighted by molar-refractivity contribution is 7.92. The van der Waals surface area contributed by atoms with Gasteiger partial charge in [0.05, 0.1) is 23.1 Å². The summed E-state index contributed by atoms with van der Waals surface area (Å²) in [6.45, 7) is 0. The average Bonchev–Trinajstić information content (AvgIpc) is 2.37. The van der Waals surface area contributed by atoms with Crippen molar-refractivity contribution in [2.24, 2.45) is 0 Å². The highest BCUT2D eigenvalue weighted by atomic mass is 32.2. The molecule has 1 aromatic rings. The van der Waals surface area contributed by atoms with Crippen molar-refractivity contribution >= 4 is 15.7 Å². The summed E-state index contributed by atoms with van der Waals surface area (Å²) in [7, 11) is -3.24. The van der Waals surface area contributed by atoms with Crippen LogP contribution in [0.4, 0.5) is 5.69 Å². The van der Waals surface area contributed by atoms with Gasteiger partial charge in [-0.1, -0.05) is 6.07 Å². The van der Waals surface area contributed by atoms with E-state index >= 15 is 0 Å². The van der Waals surface area contributed by atoms with Gasteiger partial charge < -0.3 is 0 Å². The Labute approximate surface area is 75.9 Å². The predicted octanol–water partition coefficient (Wildman–Crippen LogP) is 0.814. The summed E-state index contributed by atoms with van der Waals surface area (Å²) in [5.41, 5.74) is 1.52. The SMILES string of the molecule is N#Cc1cccc2c1CS(=O)(=O)N2. The molecule has 0 spiro atoms. The van der Waals surface area contributed by atoms with Crippen LogP contribution in [-0.2, 0) is 15.8 Å². The molecule has 0 radical (unpaired) electrons. The van der Waals surface area contributed by atoms with Crippen molar-refractivity contribution in [3.63, 3.8) is 0 Å². The maximum absolute atomic E-state index is 11.1. The van der Waals surface area contributed by atoms with E-state index in [0.29, 0.717) is 16.8 Å². The second kappa shape index (κ2) is 2.47. The molecule has 0 amide bonds. The van der Waals surface area contributed by atoms with Gasteiger partial charge in [0.1, 0.15) is 0 Å². The fourth-order valence-electron chi connectivity index (χ4n) is 1.34. The van der Waals surface area contributed by atoms with E-state index in [-0.39, 0.29) is 5.75 Å². The Kier molecular flexibility index (Phi) is 1.54. The summed E-state index contributed by atoms with van der Waals surface area (Å²) in [5, 5.41) is 8.70. The Balaban J connectivity index is 2.66. The van der Waals surface area contributed by atoms with E-state index in [9.17, 15) is 8.42 Å². The van der Waals surface area contributed by atoms with Crippen LogP contribution in [0, 0.1) is 11.3 Å². The smallest absolute Gasteiger partial charge is 0.237 e. The molecule has 1 heterocycles. The number of rotatable bonds is 0. The van der Waals surface area contributed by atoms with Crippen LogP contribution in [0.15, 0.2) is 18.2 Å². The van der Waals surface area contributed by atoms with Crippen LogP contribution in [-0.4, -0.2) is 8.42 Å². The topological polar surface area (TPSA) is 70.0 Å². The Morgan fingerprint density at radius 2 is 2.23 bits per heavy atom. The van der Waals surface area contributed by atoms with Crippen LogP contribution < -0.4 is 4.72 Å². The molecular formula is C8H6N2O2S. The van der Waals surface area contributed by atoms with Crippen molar-refractivity contribution in [1.82, 2.24) is 0 Å². The van der Waals surface area contributed by atoms with Crippen molar-refractivity contribution in [3.05, 3.63) is 29.3 Å². The molecule has 13 heavy (non-hydrogen) atoms. The maximum atomic E-state index is 11.1. The predicted molar refractivity (Wildman–Crippen MR) is 47.4 cm³/mol. The summed E-state index contributed by atoms with van der Waals surface area (Å²) in [6.07, 6.45) is 0. The van der Waals surface area contributed by atoms with Crippen molar-refractivity contribution in [3.8, 4) is 6.07 Å². The normalized spacial score (nSPS) is 17.2. The third-order valence-corrected chi connectivity index (χ3v) is 3.10. The monoisotopic (exact) mass is 194 g/mol. The molecule has 4 nitrogen and oxygen atoms in total. The van der Waals surface area contributed by atoms with Crippen LogP contribution in [0.5, 0.6) is 0 Å². The molecule has 0 atom stereocenters. The lowest BCUT2D eigenvalue weighted by Gasteiger charge is -1.96. The van der Waals surface area contributed by atoms with Crippen molar-refractivity contribution in [1.29, 1.82) is 5.26 Å². The van der Waals surface area contributed by atoms with E-state index in [1.165, 1.54) is 0 Å². The third-order valence-electron chi connectivity index (χ3n) is 1.90. The highest BCUT2D eigenvalue weighted by Gasteiger charge is 2.25. The molecule has 1 aromatic carbocycles. The number of benzene rings is 1. The molecule has 0 aliphatic carbocycles. The average molecular weight is 194 g/mol. The first-order chi connectivity index (χ1) is 6.12. The second-order valence-corrected chi connectivity index (χ2v) is 4.53. The summed E-state index contributed by atoms with van der Waals surface area (Å²) >= 11 is 0. The van der Waals surface area contributed by atoms with Gasteiger partial charge in [0.15, 0.2) is 0 Å². The third kappa shape index (κ3) is 1.25. The minimum atomic E-state index is -3.24. The lowest BCUT2D eigenvalue weighted by Crippen LogP contribution is -2.05. The van der Waals surface area contributed by atoms with Crippen LogP contribution in [0.2, 0.25) is 0 Å². The molecule has 66 valence electrons. The van der Waals surface area contributed by atoms with Gasteiger partial charge in [-0.3, -0.25) is 4.72 Å². The molecule has 0 fully saturated rings. The van der Waals surface area contributed by atoms with Gasteiger partial charge in [-0.2, -0.15) is 5.26 Å². The molecular weight excluding hydrogens is 188 g/mol. The fraction of sp³-hybridized carbons (Fsp3) is 0.125. The minimum Gasteiger partial charge on any atom is -0.283 e. The van der Waals surface area contributed by atoms with E-state index in [2.05, 4.69) is 4.72 Å². The van der Waals surface area contributed by atoms with Crippen molar-refractivity contribution in [2.45, 2.75) is 5.75 Å². The molecule has 1 N–H and O–H groups in total. The Morgan fingerprint density at radius 3 is 2.92 bits per heavy atom. The number of sulfonamides is 1. The zero-order valence-electron chi connectivity index (χ0n) is 6.61. The van der Waals surface area contributed by atoms with Crippen molar-refractivity contribution in [2.75, 3.05) is 4.72 Å². The lowest BCUT2D eigenvalue weighted by molar-refractivity contribution is 0.602. The van der Waals surface area contributed by atoms with Crippen LogP contribution in [0.25, 0.3) is 0 Å². The van der Waals surface area contributed by atoms with Gasteiger partial charge in [-0.15, -0.1) is 0 Å². The summed E-state index contributed by atoms with van der Waals surface area (Å²) in [5.74, 6) is -0.0912. The fourth-order valence-corrected chi connectivity index (χ4v) is 2.63. The number of hydrogen-bond donors (Lipinski definition) is 1. The minimum absolute atomic E-state index is 0.0912. The first-order valence-electron chi connectivity index (χ1n) is 3.65. The second-order valence-electron chi connectivity index (χ2n) is 2.80. The Morgan fingerprint density at radius 1 is 1.46 bits per heavy atom. The van der Waals surface area contributed by atoms with Gasteiger partial charge in [-0.05, 0) is 12.1 Å². The molecule has 2 rings (SSSR count). The first kappa shape index (κ1) is 8.08. The molecule has 0 saturated heterocycles. The molecule has 0 saturated carbocycles. The molecule has 0 unspecified atom stereocenters. The summed E-state index contributed by atoms with van der Waals surface area (Å²) in [6, 6.07) is 6.88. The zero-order valence-corrected chi connectivity index (χ0v) is 7.43. The maximum Gasteiger partial charge on any atom is 0.237 e. The number of nitrogens with one attached hydrogen (secondary N) is 1. The van der Waals surface area contributed by atoms with Gasteiger partial charge in [0, 0.05) is 5.56 Å². The van der Waals surface area contributed by atoms with Crippen molar-refractivity contribution < 1.29 is 8.42 Å². The lowest BCUT2D eigenvalue weighted by atomic mass is 10.1. The highest BCUT2D eigenvalue weighted by Crippen LogP contribution is 2.29. The van der Waals surface area contributed by atoms with Gasteiger partial charge in [-0.25, -0.2) is 8.42 Å². The number of nitriles is 1. The van der Waals surface area contributed by atoms with E-state index in [0.717, 1.165) is 0 Å².